The number of ether oxygens (including phenoxy) is 4. The average molecular weight is 381 g/mol. The van der Waals surface area contributed by atoms with E-state index in [0.717, 1.165) is 0 Å². The number of nitrogens with zero attached hydrogens (tertiary/aromatic N) is 3. The van der Waals surface area contributed by atoms with E-state index in [4.69, 9.17) is 18.9 Å². The van der Waals surface area contributed by atoms with Gasteiger partial charge in [0.25, 0.3) is 5.56 Å². The number of hydrogen-bond acceptors (Lipinski definition) is 9. The Morgan fingerprint density at radius 1 is 1.12 bits per heavy atom. The van der Waals surface area contributed by atoms with Crippen molar-refractivity contribution in [3.8, 4) is 17.2 Å². The highest BCUT2D eigenvalue weighted by Crippen LogP contribution is 2.38. The lowest BCUT2D eigenvalue weighted by Crippen LogP contribution is -2.28. The summed E-state index contributed by atoms with van der Waals surface area (Å²) in [7, 11) is 4.36. The second-order valence-corrected chi connectivity index (χ2v) is 5.75. The average Bonchev–Trinajstić information content (AvgIpc) is 2.67. The fourth-order valence-electron chi connectivity index (χ4n) is 2.17. The SMILES string of the molecule is COc1cc(C(=O)OCn2c(SC)nnc(C)c2=O)cc(OC)c1OC. The fraction of sp³-hybridized carbons (Fsp3) is 0.375. The van der Waals surface area contributed by atoms with Crippen molar-refractivity contribution in [3.63, 3.8) is 0 Å². The Balaban J connectivity index is 2.29. The second kappa shape index (κ2) is 8.56. The Morgan fingerprint density at radius 3 is 2.23 bits per heavy atom. The van der Waals surface area contributed by atoms with Crippen LogP contribution in [-0.4, -0.2) is 48.3 Å². The van der Waals surface area contributed by atoms with Gasteiger partial charge in [0.1, 0.15) is 5.69 Å². The minimum Gasteiger partial charge on any atom is -0.493 e. The molecule has 0 spiro atoms. The molecule has 9 nitrogen and oxygen atoms in total. The number of thioether (sulfide) groups is 1. The van der Waals surface area contributed by atoms with E-state index in [1.807, 2.05) is 0 Å². The van der Waals surface area contributed by atoms with Crippen LogP contribution in [0.2, 0.25) is 0 Å². The van der Waals surface area contributed by atoms with Crippen LogP contribution in [0.4, 0.5) is 0 Å². The highest BCUT2D eigenvalue weighted by atomic mass is 32.2. The number of benzene rings is 1. The van der Waals surface area contributed by atoms with Crippen molar-refractivity contribution in [3.05, 3.63) is 33.7 Å². The lowest BCUT2D eigenvalue weighted by Gasteiger charge is -2.14. The number of aryl methyl sites for hydroxylation is 1. The summed E-state index contributed by atoms with van der Waals surface area (Å²) in [4.78, 5) is 24.6. The van der Waals surface area contributed by atoms with Gasteiger partial charge in [0.2, 0.25) is 5.75 Å². The van der Waals surface area contributed by atoms with Gasteiger partial charge in [-0.05, 0) is 25.3 Å². The molecular weight excluding hydrogens is 362 g/mol. The van der Waals surface area contributed by atoms with Gasteiger partial charge in [-0.15, -0.1) is 10.2 Å². The highest BCUT2D eigenvalue weighted by Gasteiger charge is 2.19. The van der Waals surface area contributed by atoms with Crippen molar-refractivity contribution in [2.75, 3.05) is 27.6 Å². The number of aromatic nitrogens is 3. The van der Waals surface area contributed by atoms with Crippen molar-refractivity contribution >= 4 is 17.7 Å². The largest absolute Gasteiger partial charge is 0.493 e. The Kier molecular flexibility index (Phi) is 6.45. The first kappa shape index (κ1) is 19.6. The van der Waals surface area contributed by atoms with Crippen LogP contribution in [0.1, 0.15) is 16.1 Å². The lowest BCUT2D eigenvalue weighted by molar-refractivity contribution is 0.0344. The predicted octanol–water partition coefficient (Wildman–Crippen LogP) is 1.51. The normalized spacial score (nSPS) is 10.3. The molecule has 0 saturated carbocycles. The Morgan fingerprint density at radius 2 is 1.73 bits per heavy atom. The molecule has 0 fully saturated rings. The highest BCUT2D eigenvalue weighted by molar-refractivity contribution is 7.98. The first-order valence-electron chi connectivity index (χ1n) is 7.42. The van der Waals surface area contributed by atoms with Crippen LogP contribution < -0.4 is 19.8 Å². The zero-order valence-electron chi connectivity index (χ0n) is 15.1. The number of carbonyl (C=O) groups excluding carboxylic acids is 1. The van der Waals surface area contributed by atoms with Crippen molar-refractivity contribution in [1.82, 2.24) is 14.8 Å². The van der Waals surface area contributed by atoms with Crippen LogP contribution in [0.15, 0.2) is 22.1 Å². The van der Waals surface area contributed by atoms with Gasteiger partial charge < -0.3 is 18.9 Å². The fourth-order valence-corrected chi connectivity index (χ4v) is 2.65. The number of rotatable bonds is 7. The van der Waals surface area contributed by atoms with Gasteiger partial charge in [-0.3, -0.25) is 4.79 Å². The molecule has 0 bridgehead atoms. The van der Waals surface area contributed by atoms with Crippen LogP contribution in [0.25, 0.3) is 0 Å². The molecule has 140 valence electrons. The summed E-state index contributed by atoms with van der Waals surface area (Å²) in [6.07, 6.45) is 1.75. The van der Waals surface area contributed by atoms with Crippen LogP contribution in [0.3, 0.4) is 0 Å². The van der Waals surface area contributed by atoms with E-state index in [0.29, 0.717) is 22.4 Å². The van der Waals surface area contributed by atoms with Gasteiger partial charge in [-0.1, -0.05) is 11.8 Å². The molecule has 0 atom stereocenters. The first-order valence-corrected chi connectivity index (χ1v) is 8.64. The minimum absolute atomic E-state index is 0.192. The zero-order chi connectivity index (χ0) is 19.3. The molecule has 10 heteroatoms. The molecule has 0 N–H and O–H groups in total. The van der Waals surface area contributed by atoms with E-state index in [2.05, 4.69) is 10.2 Å². The van der Waals surface area contributed by atoms with E-state index in [1.54, 1.807) is 6.26 Å². The topological polar surface area (TPSA) is 102 Å². The minimum atomic E-state index is -0.655. The Labute approximate surface area is 154 Å². The van der Waals surface area contributed by atoms with Crippen molar-refractivity contribution < 1.29 is 23.7 Å². The first-order chi connectivity index (χ1) is 12.5. The monoisotopic (exact) mass is 381 g/mol. The molecule has 0 aliphatic rings. The Bertz CT molecular complexity index is 843. The third-order valence-corrected chi connectivity index (χ3v) is 4.15. The molecule has 0 amide bonds. The van der Waals surface area contributed by atoms with Gasteiger partial charge in [0, 0.05) is 0 Å². The molecule has 0 saturated heterocycles. The van der Waals surface area contributed by atoms with Crippen molar-refractivity contribution in [1.29, 1.82) is 0 Å². The molecule has 0 unspecified atom stereocenters. The Hall–Kier alpha value is -2.75. The molecule has 2 aromatic rings. The molecule has 26 heavy (non-hydrogen) atoms. The molecule has 1 aromatic carbocycles. The van der Waals surface area contributed by atoms with E-state index in [-0.39, 0.29) is 23.5 Å². The maximum atomic E-state index is 12.4. The van der Waals surface area contributed by atoms with Gasteiger partial charge in [-0.25, -0.2) is 9.36 Å². The number of methoxy groups -OCH3 is 3. The summed E-state index contributed by atoms with van der Waals surface area (Å²) < 4.78 is 22.1. The van der Waals surface area contributed by atoms with Crippen LogP contribution in [0.5, 0.6) is 17.2 Å². The van der Waals surface area contributed by atoms with Crippen LogP contribution in [0, 0.1) is 6.92 Å². The van der Waals surface area contributed by atoms with Gasteiger partial charge in [0.05, 0.1) is 26.9 Å². The molecule has 0 radical (unpaired) electrons. The molecular formula is C16H19N3O6S. The van der Waals surface area contributed by atoms with Gasteiger partial charge in [0.15, 0.2) is 23.4 Å². The molecule has 0 aliphatic carbocycles. The quantitative estimate of drug-likeness (QED) is 0.521. The molecule has 1 aromatic heterocycles. The van der Waals surface area contributed by atoms with Crippen molar-refractivity contribution in [2.24, 2.45) is 0 Å². The van der Waals surface area contributed by atoms with Crippen LogP contribution in [-0.2, 0) is 11.5 Å². The smallest absolute Gasteiger partial charge is 0.340 e. The van der Waals surface area contributed by atoms with Crippen LogP contribution >= 0.6 is 11.8 Å². The van der Waals surface area contributed by atoms with Gasteiger partial charge >= 0.3 is 5.97 Å². The summed E-state index contributed by atoms with van der Waals surface area (Å²) in [5.74, 6) is 0.350. The summed E-state index contributed by atoms with van der Waals surface area (Å²) in [6.45, 7) is 1.25. The number of carbonyl (C=O) groups is 1. The standard InChI is InChI=1S/C16H19N3O6S/c1-9-14(20)19(16(26-5)18-17-9)8-25-15(21)10-6-11(22-2)13(24-4)12(7-10)23-3/h6-7H,8H2,1-5H3. The maximum Gasteiger partial charge on any atom is 0.340 e. The summed E-state index contributed by atoms with van der Waals surface area (Å²) in [5, 5.41) is 8.03. The van der Waals surface area contributed by atoms with E-state index < -0.39 is 5.97 Å². The third-order valence-electron chi connectivity index (χ3n) is 3.48. The lowest BCUT2D eigenvalue weighted by atomic mass is 10.2. The number of esters is 1. The summed E-state index contributed by atoms with van der Waals surface area (Å²) in [6, 6.07) is 2.94. The van der Waals surface area contributed by atoms with Crippen molar-refractivity contribution in [2.45, 2.75) is 18.8 Å². The number of hydrogen-bond donors (Lipinski definition) is 0. The van der Waals surface area contributed by atoms with E-state index in [1.165, 1.54) is 56.7 Å². The molecule has 1 heterocycles. The van der Waals surface area contributed by atoms with E-state index in [9.17, 15) is 9.59 Å². The summed E-state index contributed by atoms with van der Waals surface area (Å²) in [5.41, 5.74) is 0.0330. The molecule has 0 aliphatic heterocycles. The third kappa shape index (κ3) is 3.90. The maximum absolute atomic E-state index is 12.4. The van der Waals surface area contributed by atoms with E-state index >= 15 is 0 Å². The second-order valence-electron chi connectivity index (χ2n) is 4.98. The summed E-state index contributed by atoms with van der Waals surface area (Å²) >= 11 is 1.22. The predicted molar refractivity (Wildman–Crippen MR) is 94.3 cm³/mol. The molecule has 2 rings (SSSR count). The zero-order valence-corrected chi connectivity index (χ0v) is 15.9. The van der Waals surface area contributed by atoms with Gasteiger partial charge in [-0.2, -0.15) is 0 Å².